The number of rotatable bonds is 4. The first-order chi connectivity index (χ1) is 13.6. The molecule has 3 aromatic rings. The summed E-state index contributed by atoms with van der Waals surface area (Å²) < 4.78 is 16.2. The summed E-state index contributed by atoms with van der Waals surface area (Å²) in [6, 6.07) is 9.93. The third-order valence-corrected chi connectivity index (χ3v) is 4.17. The van der Waals surface area contributed by atoms with E-state index in [9.17, 15) is 9.59 Å². The molecule has 142 valence electrons. The van der Waals surface area contributed by atoms with Crippen molar-refractivity contribution in [3.05, 3.63) is 54.4 Å². The van der Waals surface area contributed by atoms with Gasteiger partial charge >= 0.3 is 5.97 Å². The second-order valence-electron chi connectivity index (χ2n) is 6.16. The zero-order valence-electron chi connectivity index (χ0n) is 15.0. The number of esters is 1. The lowest BCUT2D eigenvalue weighted by molar-refractivity contribution is -0.123. The highest BCUT2D eigenvalue weighted by molar-refractivity contribution is 5.98. The average Bonchev–Trinajstić information content (AvgIpc) is 2.73. The molecule has 0 bridgehead atoms. The number of nitrogens with one attached hydrogen (secondary N) is 1. The minimum absolute atomic E-state index is 0.298. The molecule has 4 rings (SSSR count). The molecule has 0 aliphatic carbocycles. The Labute approximate surface area is 160 Å². The van der Waals surface area contributed by atoms with Crippen LogP contribution in [0.5, 0.6) is 11.5 Å². The van der Waals surface area contributed by atoms with E-state index >= 15 is 0 Å². The Morgan fingerprint density at radius 1 is 1.00 bits per heavy atom. The molecule has 1 atom stereocenters. The van der Waals surface area contributed by atoms with Crippen LogP contribution in [-0.2, 0) is 9.53 Å². The molecule has 2 heterocycles. The minimum Gasteiger partial charge on any atom is -0.486 e. The van der Waals surface area contributed by atoms with Crippen LogP contribution in [0.3, 0.4) is 0 Å². The van der Waals surface area contributed by atoms with Gasteiger partial charge in [-0.2, -0.15) is 0 Å². The van der Waals surface area contributed by atoms with E-state index < -0.39 is 18.0 Å². The molecule has 0 spiro atoms. The molecule has 1 aliphatic heterocycles. The molecule has 1 amide bonds. The Balaban J connectivity index is 1.41. The topological polar surface area (TPSA) is 99.6 Å². The average molecular weight is 379 g/mol. The lowest BCUT2D eigenvalue weighted by Gasteiger charge is -2.19. The number of ether oxygens (including phenoxy) is 3. The number of benzene rings is 2. The fraction of sp³-hybridized carbons (Fsp3) is 0.200. The molecule has 0 saturated heterocycles. The molecule has 0 saturated carbocycles. The van der Waals surface area contributed by atoms with E-state index in [2.05, 4.69) is 15.3 Å². The van der Waals surface area contributed by atoms with E-state index in [4.69, 9.17) is 14.2 Å². The standard InChI is InChI=1S/C20H17N3O5/c1-12(19(24)23-14-3-5-17-18(11-14)27-9-8-26-17)28-20(25)13-2-4-15-16(10-13)22-7-6-21-15/h2-7,10-12H,8-9H2,1H3,(H,23,24). The first kappa shape index (κ1) is 17.7. The number of nitrogens with zero attached hydrogens (tertiary/aromatic N) is 2. The van der Waals surface area contributed by atoms with Crippen molar-refractivity contribution >= 4 is 28.6 Å². The molecule has 1 N–H and O–H groups in total. The van der Waals surface area contributed by atoms with Crippen LogP contribution in [0.4, 0.5) is 5.69 Å². The Kier molecular flexibility index (Phi) is 4.76. The predicted molar refractivity (Wildman–Crippen MR) is 100 cm³/mol. The number of fused-ring (bicyclic) bond motifs is 2. The number of hydrogen-bond donors (Lipinski definition) is 1. The quantitative estimate of drug-likeness (QED) is 0.696. The van der Waals surface area contributed by atoms with Crippen molar-refractivity contribution in [1.29, 1.82) is 0 Å². The maximum Gasteiger partial charge on any atom is 0.338 e. The molecule has 0 radical (unpaired) electrons. The number of hydrogen-bond acceptors (Lipinski definition) is 7. The van der Waals surface area contributed by atoms with Gasteiger partial charge in [-0.05, 0) is 37.3 Å². The van der Waals surface area contributed by atoms with Crippen molar-refractivity contribution in [3.8, 4) is 11.5 Å². The van der Waals surface area contributed by atoms with Gasteiger partial charge in [0.25, 0.3) is 5.91 Å². The predicted octanol–water partition coefficient (Wildman–Crippen LogP) is 2.58. The summed E-state index contributed by atoms with van der Waals surface area (Å²) in [6.45, 7) is 2.45. The van der Waals surface area contributed by atoms with Gasteiger partial charge in [-0.1, -0.05) is 0 Å². The fourth-order valence-corrected chi connectivity index (χ4v) is 2.74. The van der Waals surface area contributed by atoms with Crippen molar-refractivity contribution in [3.63, 3.8) is 0 Å². The third kappa shape index (κ3) is 3.71. The second kappa shape index (κ2) is 7.51. The van der Waals surface area contributed by atoms with Crippen molar-refractivity contribution in [2.24, 2.45) is 0 Å². The fourth-order valence-electron chi connectivity index (χ4n) is 2.74. The van der Waals surface area contributed by atoms with Gasteiger partial charge in [0.15, 0.2) is 17.6 Å². The zero-order valence-corrected chi connectivity index (χ0v) is 15.0. The van der Waals surface area contributed by atoms with E-state index in [-0.39, 0.29) is 0 Å². The van der Waals surface area contributed by atoms with Gasteiger partial charge in [-0.25, -0.2) is 4.79 Å². The number of aromatic nitrogens is 2. The van der Waals surface area contributed by atoms with Gasteiger partial charge in [-0.3, -0.25) is 14.8 Å². The lowest BCUT2D eigenvalue weighted by atomic mass is 10.2. The van der Waals surface area contributed by atoms with E-state index in [1.807, 2.05) is 0 Å². The summed E-state index contributed by atoms with van der Waals surface area (Å²) in [5.41, 5.74) is 2.07. The molecule has 1 aromatic heterocycles. The SMILES string of the molecule is CC(OC(=O)c1ccc2nccnc2c1)C(=O)Nc1ccc2c(c1)OCCO2. The summed E-state index contributed by atoms with van der Waals surface area (Å²) in [5.74, 6) is 0.122. The van der Waals surface area contributed by atoms with Gasteiger partial charge in [0, 0.05) is 24.1 Å². The molecule has 1 aliphatic rings. The molecule has 0 fully saturated rings. The van der Waals surface area contributed by atoms with Crippen LogP contribution in [0, 0.1) is 0 Å². The second-order valence-corrected chi connectivity index (χ2v) is 6.16. The van der Waals surface area contributed by atoms with Crippen LogP contribution in [0.1, 0.15) is 17.3 Å². The monoisotopic (exact) mass is 379 g/mol. The van der Waals surface area contributed by atoms with E-state index in [1.165, 1.54) is 6.92 Å². The number of anilines is 1. The summed E-state index contributed by atoms with van der Waals surface area (Å²) in [5, 5.41) is 2.70. The van der Waals surface area contributed by atoms with Crippen molar-refractivity contribution < 1.29 is 23.8 Å². The van der Waals surface area contributed by atoms with Gasteiger partial charge < -0.3 is 19.5 Å². The third-order valence-electron chi connectivity index (χ3n) is 4.17. The van der Waals surface area contributed by atoms with Crippen molar-refractivity contribution in [2.45, 2.75) is 13.0 Å². The first-order valence-corrected chi connectivity index (χ1v) is 8.72. The number of carbonyl (C=O) groups is 2. The van der Waals surface area contributed by atoms with Crippen LogP contribution in [0.2, 0.25) is 0 Å². The summed E-state index contributed by atoms with van der Waals surface area (Å²) in [4.78, 5) is 33.0. The maximum absolute atomic E-state index is 12.4. The normalized spacial score (nSPS) is 13.6. The highest BCUT2D eigenvalue weighted by atomic mass is 16.6. The molecule has 1 unspecified atom stereocenters. The molecular formula is C20H17N3O5. The van der Waals surface area contributed by atoms with E-state index in [1.54, 1.807) is 48.8 Å². The molecule has 8 heteroatoms. The number of amides is 1. The van der Waals surface area contributed by atoms with E-state index in [0.29, 0.717) is 47.0 Å². The van der Waals surface area contributed by atoms with E-state index in [0.717, 1.165) is 0 Å². The first-order valence-electron chi connectivity index (χ1n) is 8.72. The van der Waals surface area contributed by atoms with Crippen LogP contribution in [0.15, 0.2) is 48.8 Å². The lowest BCUT2D eigenvalue weighted by Crippen LogP contribution is -2.30. The summed E-state index contributed by atoms with van der Waals surface area (Å²) >= 11 is 0. The van der Waals surface area contributed by atoms with Gasteiger partial charge in [-0.15, -0.1) is 0 Å². The molecule has 28 heavy (non-hydrogen) atoms. The van der Waals surface area contributed by atoms with Crippen molar-refractivity contribution in [2.75, 3.05) is 18.5 Å². The highest BCUT2D eigenvalue weighted by Gasteiger charge is 2.20. The number of carbonyl (C=O) groups excluding carboxylic acids is 2. The molecule has 8 nitrogen and oxygen atoms in total. The van der Waals surface area contributed by atoms with Gasteiger partial charge in [0.05, 0.1) is 16.6 Å². The van der Waals surface area contributed by atoms with Gasteiger partial charge in [0.1, 0.15) is 13.2 Å². The Morgan fingerprint density at radius 2 is 1.75 bits per heavy atom. The smallest absolute Gasteiger partial charge is 0.338 e. The summed E-state index contributed by atoms with van der Waals surface area (Å²) in [6.07, 6.45) is 2.13. The Bertz CT molecular complexity index is 1050. The van der Waals surface area contributed by atoms with Crippen LogP contribution < -0.4 is 14.8 Å². The largest absolute Gasteiger partial charge is 0.486 e. The highest BCUT2D eigenvalue weighted by Crippen LogP contribution is 2.32. The zero-order chi connectivity index (χ0) is 19.5. The Morgan fingerprint density at radius 3 is 2.57 bits per heavy atom. The minimum atomic E-state index is -0.988. The Hall–Kier alpha value is -3.68. The summed E-state index contributed by atoms with van der Waals surface area (Å²) in [7, 11) is 0. The maximum atomic E-state index is 12.4. The molecular weight excluding hydrogens is 362 g/mol. The van der Waals surface area contributed by atoms with Crippen LogP contribution in [0.25, 0.3) is 11.0 Å². The van der Waals surface area contributed by atoms with Crippen LogP contribution >= 0.6 is 0 Å². The van der Waals surface area contributed by atoms with Gasteiger partial charge in [0.2, 0.25) is 0 Å². The van der Waals surface area contributed by atoms with Crippen LogP contribution in [-0.4, -0.2) is 41.2 Å². The van der Waals surface area contributed by atoms with Crippen molar-refractivity contribution in [1.82, 2.24) is 9.97 Å². The molecule has 2 aromatic carbocycles.